The second-order valence-electron chi connectivity index (χ2n) is 0. The zero-order chi connectivity index (χ0) is 0. The molecule has 0 saturated carbocycles. The monoisotopic (exact) mass is 162 g/mol. The van der Waals surface area contributed by atoms with Crippen molar-refractivity contribution in [3.05, 3.63) is 0 Å². The zero-order valence-electron chi connectivity index (χ0n) is 1.32. The molecule has 0 bridgehead atoms. The van der Waals surface area contributed by atoms with E-state index in [4.69, 9.17) is 0 Å². The van der Waals surface area contributed by atoms with Gasteiger partial charge in [0.2, 0.25) is 0 Å². The zero-order valence-corrected chi connectivity index (χ0v) is 4.51. The summed E-state index contributed by atoms with van der Waals surface area (Å²) in [5.74, 6) is 0. The molecule has 0 aliphatic heterocycles. The van der Waals surface area contributed by atoms with Gasteiger partial charge in [-0.2, -0.15) is 0 Å². The minimum absolute atomic E-state index is 0. The first-order valence-corrected chi connectivity index (χ1v) is 0. The molecule has 0 amide bonds. The molecule has 0 saturated heterocycles. The van der Waals surface area contributed by atoms with Crippen LogP contribution in [0, 0.1) is 0 Å². The first-order valence-electron chi connectivity index (χ1n) is 0. The predicted molar refractivity (Wildman–Crippen MR) is 23.0 cm³/mol. The number of hydrogen-bond acceptors (Lipinski definition) is 0. The smallest absolute Gasteiger partial charge is 0 e. The third-order valence-electron chi connectivity index (χ3n) is 0. The summed E-state index contributed by atoms with van der Waals surface area (Å²) in [6.07, 6.45) is 0. The molecule has 0 fully saturated rings. The van der Waals surface area contributed by atoms with Gasteiger partial charge in [0.1, 0.15) is 0 Å². The molecule has 0 radical (unpaired) electrons. The van der Waals surface area contributed by atoms with Crippen LogP contribution in [0.3, 0.4) is 0 Å². The van der Waals surface area contributed by atoms with Crippen molar-refractivity contribution < 1.29 is 21.7 Å². The Hall–Kier alpha value is 2.55. The van der Waals surface area contributed by atoms with Gasteiger partial charge in [-0.05, 0) is 0 Å². The number of hydrogen-bond donors (Lipinski definition) is 0. The SMILES string of the molecule is Cl.Cl.[CaH2].[Ti]. The topological polar surface area (TPSA) is 0 Å². The van der Waals surface area contributed by atoms with Crippen LogP contribution in [0.2, 0.25) is 0 Å². The van der Waals surface area contributed by atoms with E-state index in [9.17, 15) is 0 Å². The van der Waals surface area contributed by atoms with E-state index in [1.165, 1.54) is 0 Å². The molecule has 4 heteroatoms. The van der Waals surface area contributed by atoms with Gasteiger partial charge in [0.05, 0.1) is 0 Å². The molecule has 0 aromatic heterocycles. The van der Waals surface area contributed by atoms with E-state index in [2.05, 4.69) is 0 Å². The average Bonchev–Trinajstić information content (AvgIpc) is 0. The van der Waals surface area contributed by atoms with Crippen LogP contribution in [0.25, 0.3) is 0 Å². The van der Waals surface area contributed by atoms with Crippen molar-refractivity contribution in [2.75, 3.05) is 0 Å². The fourth-order valence-corrected chi connectivity index (χ4v) is 0. The molecule has 24 valence electrons. The summed E-state index contributed by atoms with van der Waals surface area (Å²) in [5, 5.41) is 0. The molecular formula is H4CaCl2Ti. The summed E-state index contributed by atoms with van der Waals surface area (Å²) < 4.78 is 0. The summed E-state index contributed by atoms with van der Waals surface area (Å²) in [6, 6.07) is 0. The standard InChI is InChI=1S/Ca.2ClH.Ti.2H/h;2*1H;;;. The summed E-state index contributed by atoms with van der Waals surface area (Å²) in [7, 11) is 0. The van der Waals surface area contributed by atoms with Crippen molar-refractivity contribution in [1.82, 2.24) is 0 Å². The molecule has 0 aromatic carbocycles. The van der Waals surface area contributed by atoms with Crippen molar-refractivity contribution in [1.29, 1.82) is 0 Å². The molecule has 0 atom stereocenters. The van der Waals surface area contributed by atoms with Gasteiger partial charge in [0, 0.05) is 21.7 Å². The summed E-state index contributed by atoms with van der Waals surface area (Å²) in [4.78, 5) is 0. The van der Waals surface area contributed by atoms with Gasteiger partial charge in [-0.15, -0.1) is 24.8 Å². The van der Waals surface area contributed by atoms with Crippen molar-refractivity contribution >= 4 is 62.6 Å². The normalized spacial score (nSPS) is 0. The quantitative estimate of drug-likeness (QED) is 0.438. The maximum absolute atomic E-state index is 0. The Kier molecular flexibility index (Phi) is 137. The molecule has 0 rings (SSSR count). The van der Waals surface area contributed by atoms with Gasteiger partial charge in [0.15, 0.2) is 0 Å². The molecule has 0 N–H and O–H groups in total. The molecular weight excluding hydrogens is 159 g/mol. The molecule has 0 aromatic rings. The molecule has 0 aliphatic rings. The Morgan fingerprint density at radius 2 is 0.750 bits per heavy atom. The van der Waals surface area contributed by atoms with E-state index in [1.54, 1.807) is 0 Å². The predicted octanol–water partition coefficient (Wildman–Crippen LogP) is -0.0751. The van der Waals surface area contributed by atoms with Crippen LogP contribution in [-0.4, -0.2) is 37.7 Å². The Morgan fingerprint density at radius 1 is 0.750 bits per heavy atom. The van der Waals surface area contributed by atoms with Crippen LogP contribution in [0.5, 0.6) is 0 Å². The van der Waals surface area contributed by atoms with E-state index in [0.29, 0.717) is 0 Å². The van der Waals surface area contributed by atoms with Gasteiger partial charge < -0.3 is 0 Å². The number of rotatable bonds is 0. The molecule has 0 heterocycles. The Bertz CT molecular complexity index is 6.00. The average molecular weight is 163 g/mol. The second-order valence-corrected chi connectivity index (χ2v) is 0. The third kappa shape index (κ3) is 8.82. The van der Waals surface area contributed by atoms with Gasteiger partial charge in [-0.3, -0.25) is 0 Å². The minimum atomic E-state index is 0. The van der Waals surface area contributed by atoms with E-state index in [-0.39, 0.29) is 84.3 Å². The fourth-order valence-electron chi connectivity index (χ4n) is 0. The van der Waals surface area contributed by atoms with Crippen LogP contribution in [0.1, 0.15) is 0 Å². The van der Waals surface area contributed by atoms with Gasteiger partial charge in [-0.1, -0.05) is 0 Å². The van der Waals surface area contributed by atoms with Crippen LogP contribution < -0.4 is 0 Å². The summed E-state index contributed by atoms with van der Waals surface area (Å²) >= 11 is 0. The Balaban J connectivity index is 0. The van der Waals surface area contributed by atoms with Crippen molar-refractivity contribution in [3.63, 3.8) is 0 Å². The van der Waals surface area contributed by atoms with Gasteiger partial charge in [0.25, 0.3) is 0 Å². The first kappa shape index (κ1) is 31.0. The third-order valence-corrected chi connectivity index (χ3v) is 0. The number of halogens is 2. The van der Waals surface area contributed by atoms with Crippen LogP contribution in [0.4, 0.5) is 0 Å². The summed E-state index contributed by atoms with van der Waals surface area (Å²) in [6.45, 7) is 0. The van der Waals surface area contributed by atoms with Crippen LogP contribution in [-0.2, 0) is 21.7 Å². The molecule has 0 nitrogen and oxygen atoms in total. The van der Waals surface area contributed by atoms with Gasteiger partial charge in [-0.25, -0.2) is 0 Å². The maximum Gasteiger partial charge on any atom is 0 e. The largest absolute Gasteiger partial charge is 0 e. The van der Waals surface area contributed by atoms with Crippen LogP contribution in [0.15, 0.2) is 0 Å². The Morgan fingerprint density at radius 3 is 0.750 bits per heavy atom. The maximum atomic E-state index is 0. The molecule has 0 aliphatic carbocycles. The minimum Gasteiger partial charge on any atom is 0 e. The molecule has 0 unspecified atom stereocenters. The molecule has 4 heavy (non-hydrogen) atoms. The fraction of sp³-hybridized carbons (Fsp3) is 0. The van der Waals surface area contributed by atoms with Crippen molar-refractivity contribution in [2.24, 2.45) is 0 Å². The van der Waals surface area contributed by atoms with Gasteiger partial charge >= 0.3 is 37.7 Å². The van der Waals surface area contributed by atoms with Crippen molar-refractivity contribution in [2.45, 2.75) is 0 Å². The van der Waals surface area contributed by atoms with E-state index in [0.717, 1.165) is 0 Å². The second kappa shape index (κ2) is 17.7. The molecule has 0 spiro atoms. The Labute approximate surface area is 82.8 Å². The van der Waals surface area contributed by atoms with E-state index >= 15 is 0 Å². The van der Waals surface area contributed by atoms with E-state index < -0.39 is 0 Å². The first-order chi connectivity index (χ1) is 0. The van der Waals surface area contributed by atoms with Crippen LogP contribution >= 0.6 is 24.8 Å². The van der Waals surface area contributed by atoms with Crippen molar-refractivity contribution in [3.8, 4) is 0 Å². The van der Waals surface area contributed by atoms with E-state index in [1.807, 2.05) is 0 Å². The summed E-state index contributed by atoms with van der Waals surface area (Å²) in [5.41, 5.74) is 0.